The number of fused-ring (bicyclic) bond motifs is 1. The van der Waals surface area contributed by atoms with Gasteiger partial charge < -0.3 is 4.98 Å². The van der Waals surface area contributed by atoms with Crippen molar-refractivity contribution in [1.29, 1.82) is 0 Å². The number of H-pyrrole nitrogens is 1. The molecule has 0 aliphatic carbocycles. The summed E-state index contributed by atoms with van der Waals surface area (Å²) < 4.78 is 0. The number of pyridine rings is 1. The van der Waals surface area contributed by atoms with Crippen LogP contribution < -0.4 is 0 Å². The van der Waals surface area contributed by atoms with Crippen LogP contribution in [-0.2, 0) is 0 Å². The number of aryl methyl sites for hydroxylation is 1. The fraction of sp³-hybridized carbons (Fsp3) is 0.235. The molecular formula is C17H18N2. The molecule has 0 aliphatic rings. The molecule has 0 unspecified atom stereocenters. The van der Waals surface area contributed by atoms with E-state index in [0.29, 0.717) is 5.92 Å². The highest BCUT2D eigenvalue weighted by Crippen LogP contribution is 2.31. The van der Waals surface area contributed by atoms with Crippen molar-refractivity contribution in [2.75, 3.05) is 0 Å². The number of aromatic nitrogens is 2. The molecule has 0 fully saturated rings. The zero-order valence-electron chi connectivity index (χ0n) is 11.6. The molecule has 96 valence electrons. The summed E-state index contributed by atoms with van der Waals surface area (Å²) in [5.74, 6) is 0.569. The average molecular weight is 250 g/mol. The SMILES string of the molecule is Cc1[nH]c2ncccc2c1-c1ccc(C(C)C)cc1. The third kappa shape index (κ3) is 2.03. The van der Waals surface area contributed by atoms with Gasteiger partial charge in [0, 0.05) is 22.8 Å². The van der Waals surface area contributed by atoms with Crippen LogP contribution in [0.25, 0.3) is 22.2 Å². The van der Waals surface area contributed by atoms with E-state index in [0.717, 1.165) is 5.65 Å². The average Bonchev–Trinajstić information content (AvgIpc) is 2.74. The van der Waals surface area contributed by atoms with Gasteiger partial charge in [-0.1, -0.05) is 38.1 Å². The molecule has 1 aromatic carbocycles. The van der Waals surface area contributed by atoms with Crippen LogP contribution in [0.2, 0.25) is 0 Å². The van der Waals surface area contributed by atoms with Gasteiger partial charge in [0.05, 0.1) is 0 Å². The van der Waals surface area contributed by atoms with Crippen molar-refractivity contribution in [3.63, 3.8) is 0 Å². The predicted molar refractivity (Wildman–Crippen MR) is 80.4 cm³/mol. The molecular weight excluding hydrogens is 232 g/mol. The topological polar surface area (TPSA) is 28.7 Å². The molecule has 3 aromatic rings. The third-order valence-corrected chi connectivity index (χ3v) is 3.62. The Hall–Kier alpha value is -2.09. The highest BCUT2D eigenvalue weighted by atomic mass is 14.9. The molecule has 0 saturated carbocycles. The quantitative estimate of drug-likeness (QED) is 0.704. The van der Waals surface area contributed by atoms with E-state index in [1.165, 1.54) is 27.8 Å². The molecule has 1 N–H and O–H groups in total. The van der Waals surface area contributed by atoms with E-state index < -0.39 is 0 Å². The third-order valence-electron chi connectivity index (χ3n) is 3.62. The number of benzene rings is 1. The molecule has 0 amide bonds. The van der Waals surface area contributed by atoms with Gasteiger partial charge in [-0.2, -0.15) is 0 Å². The summed E-state index contributed by atoms with van der Waals surface area (Å²) in [4.78, 5) is 7.73. The standard InChI is InChI=1S/C17H18N2/c1-11(2)13-6-8-14(9-7-13)16-12(3)19-17-15(16)5-4-10-18-17/h4-11H,1-3H3,(H,18,19). The van der Waals surface area contributed by atoms with Crippen molar-refractivity contribution in [1.82, 2.24) is 9.97 Å². The first-order valence-electron chi connectivity index (χ1n) is 6.70. The minimum absolute atomic E-state index is 0.569. The fourth-order valence-corrected chi connectivity index (χ4v) is 2.56. The number of hydrogen-bond donors (Lipinski definition) is 1. The number of nitrogens with zero attached hydrogens (tertiary/aromatic N) is 1. The molecule has 0 saturated heterocycles. The summed E-state index contributed by atoms with van der Waals surface area (Å²) in [7, 11) is 0. The number of hydrogen-bond acceptors (Lipinski definition) is 1. The molecule has 2 aromatic heterocycles. The van der Waals surface area contributed by atoms with E-state index in [9.17, 15) is 0 Å². The van der Waals surface area contributed by atoms with E-state index >= 15 is 0 Å². The van der Waals surface area contributed by atoms with Gasteiger partial charge in [0.25, 0.3) is 0 Å². The van der Waals surface area contributed by atoms with Gasteiger partial charge in [-0.25, -0.2) is 4.98 Å². The summed E-state index contributed by atoms with van der Waals surface area (Å²) >= 11 is 0. The summed E-state index contributed by atoms with van der Waals surface area (Å²) in [6.07, 6.45) is 1.82. The summed E-state index contributed by atoms with van der Waals surface area (Å²) in [6, 6.07) is 13.0. The van der Waals surface area contributed by atoms with Gasteiger partial charge in [-0.05, 0) is 36.1 Å². The first kappa shape index (κ1) is 12.0. The normalized spacial score (nSPS) is 11.4. The molecule has 0 bridgehead atoms. The Kier molecular flexibility index (Phi) is 2.86. The Bertz CT molecular complexity index is 706. The zero-order chi connectivity index (χ0) is 13.4. The van der Waals surface area contributed by atoms with E-state index in [4.69, 9.17) is 0 Å². The Morgan fingerprint density at radius 1 is 1.05 bits per heavy atom. The molecule has 19 heavy (non-hydrogen) atoms. The minimum atomic E-state index is 0.569. The maximum Gasteiger partial charge on any atom is 0.138 e. The summed E-state index contributed by atoms with van der Waals surface area (Å²) in [5.41, 5.74) is 6.02. The minimum Gasteiger partial charge on any atom is -0.343 e. The van der Waals surface area contributed by atoms with Gasteiger partial charge in [-0.3, -0.25) is 0 Å². The summed E-state index contributed by atoms with van der Waals surface area (Å²) in [6.45, 7) is 6.54. The largest absolute Gasteiger partial charge is 0.343 e. The van der Waals surface area contributed by atoms with Crippen LogP contribution in [0.3, 0.4) is 0 Å². The van der Waals surface area contributed by atoms with Crippen molar-refractivity contribution in [2.24, 2.45) is 0 Å². The Morgan fingerprint density at radius 2 is 1.79 bits per heavy atom. The first-order chi connectivity index (χ1) is 9.16. The van der Waals surface area contributed by atoms with E-state index in [1.54, 1.807) is 0 Å². The lowest BCUT2D eigenvalue weighted by molar-refractivity contribution is 0.867. The first-order valence-corrected chi connectivity index (χ1v) is 6.70. The van der Waals surface area contributed by atoms with Crippen LogP contribution in [0.15, 0.2) is 42.6 Å². The van der Waals surface area contributed by atoms with Gasteiger partial charge in [0.2, 0.25) is 0 Å². The Labute approximate surface area is 113 Å². The molecule has 2 heteroatoms. The van der Waals surface area contributed by atoms with E-state index in [1.807, 2.05) is 12.3 Å². The number of aromatic amines is 1. The van der Waals surface area contributed by atoms with Gasteiger partial charge in [-0.15, -0.1) is 0 Å². The maximum absolute atomic E-state index is 4.38. The van der Waals surface area contributed by atoms with Crippen LogP contribution in [0.4, 0.5) is 0 Å². The monoisotopic (exact) mass is 250 g/mol. The molecule has 2 heterocycles. The lowest BCUT2D eigenvalue weighted by atomic mass is 9.98. The molecule has 0 aliphatic heterocycles. The predicted octanol–water partition coefficient (Wildman–Crippen LogP) is 4.66. The Morgan fingerprint density at radius 3 is 2.47 bits per heavy atom. The zero-order valence-corrected chi connectivity index (χ0v) is 11.6. The number of rotatable bonds is 2. The van der Waals surface area contributed by atoms with Crippen molar-refractivity contribution in [3.8, 4) is 11.1 Å². The van der Waals surface area contributed by atoms with Crippen LogP contribution >= 0.6 is 0 Å². The lowest BCUT2D eigenvalue weighted by Crippen LogP contribution is -1.87. The van der Waals surface area contributed by atoms with Crippen LogP contribution in [-0.4, -0.2) is 9.97 Å². The summed E-state index contributed by atoms with van der Waals surface area (Å²) in [5, 5.41) is 1.19. The second-order valence-corrected chi connectivity index (χ2v) is 5.30. The highest BCUT2D eigenvalue weighted by Gasteiger charge is 2.11. The smallest absolute Gasteiger partial charge is 0.138 e. The fourth-order valence-electron chi connectivity index (χ4n) is 2.56. The van der Waals surface area contributed by atoms with Crippen molar-refractivity contribution >= 4 is 11.0 Å². The lowest BCUT2D eigenvalue weighted by Gasteiger charge is -2.07. The molecule has 0 atom stereocenters. The molecule has 0 radical (unpaired) electrons. The van der Waals surface area contributed by atoms with Crippen molar-refractivity contribution in [2.45, 2.75) is 26.7 Å². The van der Waals surface area contributed by atoms with Crippen LogP contribution in [0.1, 0.15) is 31.0 Å². The van der Waals surface area contributed by atoms with E-state index in [2.05, 4.69) is 61.1 Å². The highest BCUT2D eigenvalue weighted by molar-refractivity contribution is 5.95. The Balaban J connectivity index is 2.16. The molecule has 2 nitrogen and oxygen atoms in total. The van der Waals surface area contributed by atoms with Crippen LogP contribution in [0.5, 0.6) is 0 Å². The second kappa shape index (κ2) is 4.54. The molecule has 0 spiro atoms. The molecule has 3 rings (SSSR count). The number of nitrogens with one attached hydrogen (secondary N) is 1. The van der Waals surface area contributed by atoms with Gasteiger partial charge in [0.1, 0.15) is 5.65 Å². The van der Waals surface area contributed by atoms with Crippen LogP contribution in [0, 0.1) is 6.92 Å². The van der Waals surface area contributed by atoms with Crippen molar-refractivity contribution in [3.05, 3.63) is 53.9 Å². The maximum atomic E-state index is 4.38. The van der Waals surface area contributed by atoms with Gasteiger partial charge >= 0.3 is 0 Å². The van der Waals surface area contributed by atoms with Crippen molar-refractivity contribution < 1.29 is 0 Å². The van der Waals surface area contributed by atoms with E-state index in [-0.39, 0.29) is 0 Å². The second-order valence-electron chi connectivity index (χ2n) is 5.30. The van der Waals surface area contributed by atoms with Gasteiger partial charge in [0.15, 0.2) is 0 Å².